The van der Waals surface area contributed by atoms with E-state index in [1.807, 2.05) is 0 Å². The van der Waals surface area contributed by atoms with Crippen molar-refractivity contribution in [2.45, 2.75) is 0 Å². The first kappa shape index (κ1) is 9.76. The highest BCUT2D eigenvalue weighted by Crippen LogP contribution is 2.39. The Bertz CT molecular complexity index is 267. The molecule has 1 rings (SSSR count). The molecule has 0 fully saturated rings. The van der Waals surface area contributed by atoms with Crippen LogP contribution in [0.25, 0.3) is 0 Å². The molecule has 0 amide bonds. The molecule has 0 N–H and O–H groups in total. The van der Waals surface area contributed by atoms with E-state index in [1.165, 1.54) is 0 Å². The summed E-state index contributed by atoms with van der Waals surface area (Å²) in [5.41, 5.74) is 0. The van der Waals surface area contributed by atoms with Crippen LogP contribution in [0.15, 0.2) is 0 Å². The summed E-state index contributed by atoms with van der Waals surface area (Å²) in [4.78, 5) is 0. The van der Waals surface area contributed by atoms with E-state index in [1.54, 1.807) is 0 Å². The summed E-state index contributed by atoms with van der Waals surface area (Å²) in [6.45, 7) is 0. The van der Waals surface area contributed by atoms with Crippen LogP contribution in [0.3, 0.4) is 0 Å². The molecule has 60 valence electrons. The van der Waals surface area contributed by atoms with Crippen molar-refractivity contribution in [1.29, 1.82) is 0 Å². The lowest BCUT2D eigenvalue weighted by Crippen LogP contribution is -1.76. The zero-order valence-corrected chi connectivity index (χ0v) is 8.67. The van der Waals surface area contributed by atoms with Gasteiger partial charge < -0.3 is 0 Å². The molecule has 0 aliphatic rings. The van der Waals surface area contributed by atoms with Crippen LogP contribution < -0.4 is 0 Å². The predicted molar refractivity (Wildman–Crippen MR) is 50.3 cm³/mol. The highest BCUT2D eigenvalue weighted by molar-refractivity contribution is 6.54. The van der Waals surface area contributed by atoms with Gasteiger partial charge in [0.15, 0.2) is 0 Å². The van der Waals surface area contributed by atoms with Gasteiger partial charge in [0, 0.05) is 0 Å². The summed E-state index contributed by atoms with van der Waals surface area (Å²) >= 11 is 28.0. The van der Waals surface area contributed by atoms with Crippen LogP contribution >= 0.6 is 58.0 Å². The maximum Gasteiger partial charge on any atom is -0.0292 e. The highest BCUT2D eigenvalue weighted by Gasteiger charge is 2.00. The van der Waals surface area contributed by atoms with Gasteiger partial charge in [0.25, 0.3) is 0 Å². The van der Waals surface area contributed by atoms with Crippen LogP contribution in [0.5, 0.6) is 0 Å². The maximum absolute atomic E-state index is 5.64. The van der Waals surface area contributed by atoms with Gasteiger partial charge in [-0.05, 0) is 15.1 Å². The molecule has 0 spiro atoms. The van der Waals surface area contributed by atoms with Crippen LogP contribution in [0.2, 0.25) is 25.1 Å². The minimum Gasteiger partial charge on any atom is -0.164 e. The molecule has 0 saturated heterocycles. The van der Waals surface area contributed by atoms with E-state index in [9.17, 15) is 0 Å². The molecule has 11 heavy (non-hydrogen) atoms. The van der Waals surface area contributed by atoms with Crippen LogP contribution in [0.4, 0.5) is 0 Å². The summed E-state index contributed by atoms with van der Waals surface area (Å²) in [6.07, 6.45) is 0. The van der Waals surface area contributed by atoms with E-state index in [4.69, 9.17) is 58.0 Å². The minimum atomic E-state index is 0.155. The molecule has 0 bridgehead atoms. The Hall–Kier alpha value is 0.670. The molecular weight excluding hydrogens is 249 g/mol. The predicted octanol–water partition coefficient (Wildman–Crippen LogP) is 4.75. The van der Waals surface area contributed by atoms with E-state index >= 15 is 0 Å². The topological polar surface area (TPSA) is 0 Å². The molecule has 0 atom stereocenters. The monoisotopic (exact) mass is 247 g/mol. The van der Waals surface area contributed by atoms with Gasteiger partial charge in [-0.1, -0.05) is 10.0 Å². The number of rotatable bonds is 0. The van der Waals surface area contributed by atoms with Gasteiger partial charge in [0.1, 0.15) is 0 Å². The summed E-state index contributed by atoms with van der Waals surface area (Å²) < 4.78 is 0. The SMILES string of the molecule is Clc1[c-]c(Cl)c(Cl)c(Cl)c1Cl. The second-order valence-electron chi connectivity index (χ2n) is 1.69. The molecule has 0 heterocycles. The Morgan fingerprint density at radius 1 is 0.636 bits per heavy atom. The largest absolute Gasteiger partial charge is 0.164 e. The van der Waals surface area contributed by atoms with Gasteiger partial charge in [-0.3, -0.25) is 0 Å². The molecule has 1 aromatic carbocycles. The van der Waals surface area contributed by atoms with Crippen LogP contribution in [0, 0.1) is 6.07 Å². The van der Waals surface area contributed by atoms with Gasteiger partial charge in [-0.2, -0.15) is 23.2 Å². The molecule has 0 aliphatic heterocycles. The van der Waals surface area contributed by atoms with Crippen molar-refractivity contribution in [2.24, 2.45) is 0 Å². The van der Waals surface area contributed by atoms with Crippen molar-refractivity contribution >= 4 is 58.0 Å². The van der Waals surface area contributed by atoms with Crippen molar-refractivity contribution in [2.75, 3.05) is 0 Å². The van der Waals surface area contributed by atoms with Gasteiger partial charge >= 0.3 is 0 Å². The third-order valence-corrected chi connectivity index (χ3v) is 3.08. The van der Waals surface area contributed by atoms with Gasteiger partial charge in [-0.25, -0.2) is 0 Å². The first-order valence-corrected chi connectivity index (χ1v) is 4.33. The smallest absolute Gasteiger partial charge is 0.0292 e. The standard InChI is InChI=1S/C6Cl5/c7-2-1-3(8)5(10)6(11)4(2)9/q-1. The fourth-order valence-electron chi connectivity index (χ4n) is 0.495. The average molecular weight is 249 g/mol. The van der Waals surface area contributed by atoms with E-state index in [-0.39, 0.29) is 25.1 Å². The zero-order chi connectivity index (χ0) is 8.59. The lowest BCUT2D eigenvalue weighted by atomic mass is 10.3. The van der Waals surface area contributed by atoms with Gasteiger partial charge in [0.05, 0.1) is 0 Å². The Labute approximate surface area is 88.9 Å². The van der Waals surface area contributed by atoms with Crippen LogP contribution in [-0.4, -0.2) is 0 Å². The van der Waals surface area contributed by atoms with Crippen molar-refractivity contribution < 1.29 is 0 Å². The summed E-state index contributed by atoms with van der Waals surface area (Å²) in [6, 6.07) is 2.53. The maximum atomic E-state index is 5.64. The fourth-order valence-corrected chi connectivity index (χ4v) is 1.54. The molecule has 1 aromatic rings. The zero-order valence-electron chi connectivity index (χ0n) is 4.89. The second-order valence-corrected chi connectivity index (χ2v) is 3.58. The molecule has 0 aliphatic carbocycles. The molecule has 0 unspecified atom stereocenters. The third kappa shape index (κ3) is 1.88. The van der Waals surface area contributed by atoms with Gasteiger partial charge in [-0.15, -0.1) is 40.9 Å². The summed E-state index contributed by atoms with van der Waals surface area (Å²) in [5.74, 6) is 0. The fraction of sp³-hybridized carbons (Fsp3) is 0. The Morgan fingerprint density at radius 3 is 1.36 bits per heavy atom. The average Bonchev–Trinajstić information content (AvgIpc) is 1.97. The number of benzene rings is 1. The molecular formula is C6Cl5-. The minimum absolute atomic E-state index is 0.155. The van der Waals surface area contributed by atoms with Crippen molar-refractivity contribution in [3.05, 3.63) is 31.2 Å². The first-order valence-electron chi connectivity index (χ1n) is 2.44. The molecule has 5 heteroatoms. The van der Waals surface area contributed by atoms with E-state index < -0.39 is 0 Å². The van der Waals surface area contributed by atoms with E-state index in [0.29, 0.717) is 0 Å². The summed E-state index contributed by atoms with van der Waals surface area (Å²) in [5, 5.41) is 0.838. The Morgan fingerprint density at radius 2 is 1.00 bits per heavy atom. The first-order chi connectivity index (χ1) is 5.04. The lowest BCUT2D eigenvalue weighted by molar-refractivity contribution is 1.68. The Kier molecular flexibility index (Phi) is 3.18. The normalized spacial score (nSPS) is 10.3. The highest BCUT2D eigenvalue weighted by atomic mass is 35.5. The molecule has 0 radical (unpaired) electrons. The molecule has 0 aromatic heterocycles. The van der Waals surface area contributed by atoms with Crippen molar-refractivity contribution in [3.63, 3.8) is 0 Å². The number of hydrogen-bond donors (Lipinski definition) is 0. The summed E-state index contributed by atoms with van der Waals surface area (Å²) in [7, 11) is 0. The third-order valence-electron chi connectivity index (χ3n) is 0.990. The number of halogens is 5. The molecule has 0 nitrogen and oxygen atoms in total. The van der Waals surface area contributed by atoms with Crippen molar-refractivity contribution in [1.82, 2.24) is 0 Å². The second kappa shape index (κ2) is 3.59. The van der Waals surface area contributed by atoms with Gasteiger partial charge in [0.2, 0.25) is 0 Å². The molecule has 0 saturated carbocycles. The van der Waals surface area contributed by atoms with Crippen LogP contribution in [0.1, 0.15) is 0 Å². The quantitative estimate of drug-likeness (QED) is 0.353. The van der Waals surface area contributed by atoms with E-state index in [0.717, 1.165) is 0 Å². The van der Waals surface area contributed by atoms with Crippen molar-refractivity contribution in [3.8, 4) is 0 Å². The van der Waals surface area contributed by atoms with Crippen LogP contribution in [-0.2, 0) is 0 Å². The number of hydrogen-bond acceptors (Lipinski definition) is 0. The lowest BCUT2D eigenvalue weighted by Gasteiger charge is -2.12. The Balaban J connectivity index is 3.46. The van der Waals surface area contributed by atoms with E-state index in [2.05, 4.69) is 6.07 Å².